The molecule has 1 saturated carbocycles. The molecule has 2 aliphatic rings. The fraction of sp³-hybridized carbons (Fsp3) is 0.500. The number of benzene rings is 1. The molecule has 0 unspecified atom stereocenters. The van der Waals surface area contributed by atoms with E-state index < -0.39 is 0 Å². The van der Waals surface area contributed by atoms with Crippen LogP contribution in [0.1, 0.15) is 50.8 Å². The molecule has 1 aromatic carbocycles. The van der Waals surface area contributed by atoms with Crippen LogP contribution in [0.3, 0.4) is 0 Å². The van der Waals surface area contributed by atoms with Crippen LogP contribution in [0.25, 0.3) is 5.69 Å². The number of hydrogen-bond acceptors (Lipinski definition) is 1. The molecular formula is C18H21FN2O. The van der Waals surface area contributed by atoms with Crippen LogP contribution < -0.4 is 5.56 Å². The molecule has 0 N–H and O–H groups in total. The highest BCUT2D eigenvalue weighted by Crippen LogP contribution is 2.66. The lowest BCUT2D eigenvalue weighted by Crippen LogP contribution is -2.35. The van der Waals surface area contributed by atoms with E-state index in [4.69, 9.17) is 0 Å². The Kier molecular flexibility index (Phi) is 2.46. The number of fused-ring (bicyclic) bond motifs is 5. The zero-order valence-electron chi connectivity index (χ0n) is 13.5. The third-order valence-electron chi connectivity index (χ3n) is 6.48. The van der Waals surface area contributed by atoms with E-state index in [-0.39, 0.29) is 28.1 Å². The lowest BCUT2D eigenvalue weighted by molar-refractivity contribution is 0.217. The van der Waals surface area contributed by atoms with Crippen molar-refractivity contribution in [3.05, 3.63) is 51.7 Å². The Labute approximate surface area is 129 Å². The van der Waals surface area contributed by atoms with Gasteiger partial charge in [0.25, 0.3) is 5.56 Å². The normalized spacial score (nSPS) is 28.1. The summed E-state index contributed by atoms with van der Waals surface area (Å²) in [5.41, 5.74) is 2.36. The van der Waals surface area contributed by atoms with Gasteiger partial charge >= 0.3 is 0 Å². The largest absolute Gasteiger partial charge is 0.284 e. The molecule has 1 aromatic heterocycles. The number of aromatic nitrogens is 2. The van der Waals surface area contributed by atoms with Crippen molar-refractivity contribution in [3.63, 3.8) is 0 Å². The van der Waals surface area contributed by atoms with Crippen molar-refractivity contribution < 1.29 is 4.39 Å². The van der Waals surface area contributed by atoms with Gasteiger partial charge in [-0.2, -0.15) is 0 Å². The van der Waals surface area contributed by atoms with Gasteiger partial charge in [0.05, 0.1) is 5.69 Å². The topological polar surface area (TPSA) is 26.9 Å². The van der Waals surface area contributed by atoms with Crippen molar-refractivity contribution in [2.75, 3.05) is 0 Å². The van der Waals surface area contributed by atoms with Gasteiger partial charge in [-0.1, -0.05) is 32.9 Å². The number of rotatable bonds is 1. The Morgan fingerprint density at radius 3 is 2.55 bits per heavy atom. The van der Waals surface area contributed by atoms with Gasteiger partial charge in [0.2, 0.25) is 0 Å². The van der Waals surface area contributed by atoms with Crippen LogP contribution in [0, 0.1) is 11.2 Å². The van der Waals surface area contributed by atoms with E-state index in [1.165, 1.54) is 10.7 Å². The molecule has 1 fully saturated rings. The van der Waals surface area contributed by atoms with Crippen LogP contribution in [-0.4, -0.2) is 9.36 Å². The van der Waals surface area contributed by atoms with E-state index in [9.17, 15) is 9.18 Å². The van der Waals surface area contributed by atoms with E-state index >= 15 is 0 Å². The van der Waals surface area contributed by atoms with E-state index in [0.29, 0.717) is 5.69 Å². The van der Waals surface area contributed by atoms with Crippen LogP contribution in [-0.2, 0) is 12.5 Å². The molecule has 116 valence electrons. The molecule has 2 bridgehead atoms. The summed E-state index contributed by atoms with van der Waals surface area (Å²) in [5.74, 6) is -0.0835. The zero-order valence-corrected chi connectivity index (χ0v) is 13.5. The first-order valence-electron chi connectivity index (χ1n) is 7.88. The van der Waals surface area contributed by atoms with E-state index in [1.807, 2.05) is 11.7 Å². The predicted octanol–water partition coefficient (Wildman–Crippen LogP) is 3.49. The summed E-state index contributed by atoms with van der Waals surface area (Å²) in [4.78, 5) is 13.0. The van der Waals surface area contributed by atoms with Crippen molar-refractivity contribution in [3.8, 4) is 5.69 Å². The number of hydrogen-bond donors (Lipinski definition) is 0. The molecule has 2 atom stereocenters. The molecule has 0 radical (unpaired) electrons. The minimum atomic E-state index is -0.361. The highest BCUT2D eigenvalue weighted by atomic mass is 19.1. The Morgan fingerprint density at radius 2 is 1.91 bits per heavy atom. The summed E-state index contributed by atoms with van der Waals surface area (Å²) in [6.07, 6.45) is 2.14. The van der Waals surface area contributed by atoms with Crippen LogP contribution in [0.15, 0.2) is 29.1 Å². The third-order valence-corrected chi connectivity index (χ3v) is 6.48. The molecule has 22 heavy (non-hydrogen) atoms. The van der Waals surface area contributed by atoms with Crippen LogP contribution >= 0.6 is 0 Å². The number of halogens is 1. The van der Waals surface area contributed by atoms with Gasteiger partial charge in [-0.3, -0.25) is 9.48 Å². The maximum atomic E-state index is 14.2. The van der Waals surface area contributed by atoms with E-state index in [2.05, 4.69) is 20.8 Å². The lowest BCUT2D eigenvalue weighted by Gasteiger charge is -2.36. The molecule has 0 amide bonds. The average molecular weight is 300 g/mol. The zero-order chi connectivity index (χ0) is 15.9. The molecule has 2 aliphatic carbocycles. The molecule has 4 heteroatoms. The van der Waals surface area contributed by atoms with Crippen molar-refractivity contribution in [1.82, 2.24) is 9.36 Å². The quantitative estimate of drug-likeness (QED) is 0.792. The van der Waals surface area contributed by atoms with E-state index in [0.717, 1.165) is 24.1 Å². The second-order valence-corrected chi connectivity index (χ2v) is 7.50. The first kappa shape index (κ1) is 13.8. The molecule has 0 spiro atoms. The molecule has 0 saturated heterocycles. The maximum Gasteiger partial charge on any atom is 0.275 e. The Morgan fingerprint density at radius 1 is 1.23 bits per heavy atom. The van der Waals surface area contributed by atoms with Crippen molar-refractivity contribution >= 4 is 0 Å². The van der Waals surface area contributed by atoms with Gasteiger partial charge < -0.3 is 0 Å². The summed E-state index contributed by atoms with van der Waals surface area (Å²) in [5, 5.41) is 0. The molecule has 0 aliphatic heterocycles. The summed E-state index contributed by atoms with van der Waals surface area (Å²) >= 11 is 0. The Hall–Kier alpha value is -1.84. The lowest BCUT2D eigenvalue weighted by atomic mass is 9.70. The highest BCUT2D eigenvalue weighted by molar-refractivity contribution is 5.47. The van der Waals surface area contributed by atoms with Crippen molar-refractivity contribution in [1.29, 1.82) is 0 Å². The minimum Gasteiger partial charge on any atom is -0.284 e. The van der Waals surface area contributed by atoms with Gasteiger partial charge in [-0.25, -0.2) is 9.07 Å². The summed E-state index contributed by atoms with van der Waals surface area (Å²) < 4.78 is 17.6. The predicted molar refractivity (Wildman–Crippen MR) is 84.1 cm³/mol. The fourth-order valence-corrected chi connectivity index (χ4v) is 4.92. The molecule has 4 rings (SSSR count). The van der Waals surface area contributed by atoms with Gasteiger partial charge in [-0.15, -0.1) is 0 Å². The maximum absolute atomic E-state index is 14.2. The second kappa shape index (κ2) is 3.92. The number of para-hydroxylation sites is 1. The van der Waals surface area contributed by atoms with Gasteiger partial charge in [0, 0.05) is 18.0 Å². The van der Waals surface area contributed by atoms with Gasteiger partial charge in [0.1, 0.15) is 11.5 Å². The van der Waals surface area contributed by atoms with E-state index in [1.54, 1.807) is 18.2 Å². The summed E-state index contributed by atoms with van der Waals surface area (Å²) in [6, 6.07) is 6.49. The summed E-state index contributed by atoms with van der Waals surface area (Å²) in [7, 11) is 1.88. The fourth-order valence-electron chi connectivity index (χ4n) is 4.92. The van der Waals surface area contributed by atoms with Crippen LogP contribution in [0.2, 0.25) is 0 Å². The van der Waals surface area contributed by atoms with Crippen molar-refractivity contribution in [2.24, 2.45) is 12.5 Å². The van der Waals surface area contributed by atoms with Gasteiger partial charge in [0.15, 0.2) is 0 Å². The second-order valence-electron chi connectivity index (χ2n) is 7.50. The SMILES string of the molecule is Cn1c2c(c(=O)n1-c1ccccc1F)[C@@H]1CC[C@@]2(C)C1(C)C. The molecular weight excluding hydrogens is 279 g/mol. The molecule has 3 nitrogen and oxygen atoms in total. The average Bonchev–Trinajstić information content (AvgIpc) is 2.92. The first-order chi connectivity index (χ1) is 10.3. The third kappa shape index (κ3) is 1.30. The summed E-state index contributed by atoms with van der Waals surface area (Å²) in [6.45, 7) is 6.78. The van der Waals surface area contributed by atoms with Crippen LogP contribution in [0.5, 0.6) is 0 Å². The monoisotopic (exact) mass is 300 g/mol. The van der Waals surface area contributed by atoms with Crippen LogP contribution in [0.4, 0.5) is 4.39 Å². The first-order valence-corrected chi connectivity index (χ1v) is 7.88. The number of nitrogens with zero attached hydrogens (tertiary/aromatic N) is 2. The minimum absolute atomic E-state index is 0.0165. The standard InChI is InChI=1S/C18H21FN2O/c1-17(2)11-9-10-18(17,3)15-14(11)16(22)21(20(15)4)13-8-6-5-7-12(13)19/h5-8,11H,9-10H2,1-4H3/t11-,18+/m0/s1. The van der Waals surface area contributed by atoms with Gasteiger partial charge in [-0.05, 0) is 36.3 Å². The van der Waals surface area contributed by atoms with Crippen molar-refractivity contribution in [2.45, 2.75) is 44.9 Å². The highest BCUT2D eigenvalue weighted by Gasteiger charge is 2.62. The Bertz CT molecular complexity index is 845. The smallest absolute Gasteiger partial charge is 0.275 e. The molecule has 1 heterocycles. The molecule has 2 aromatic rings. The Balaban J connectivity index is 2.05.